The summed E-state index contributed by atoms with van der Waals surface area (Å²) in [6.07, 6.45) is 2.59. The zero-order valence-electron chi connectivity index (χ0n) is 7.75. The molecule has 2 aromatic heterocycles. The molecule has 0 atom stereocenters. The second-order valence-electron chi connectivity index (χ2n) is 2.84. The average molecular weight is 206 g/mol. The Morgan fingerprint density at radius 2 is 2.27 bits per heavy atom. The molecule has 0 unspecified atom stereocenters. The van der Waals surface area contributed by atoms with Crippen LogP contribution in [-0.2, 0) is 0 Å². The van der Waals surface area contributed by atoms with Crippen molar-refractivity contribution in [2.45, 2.75) is 6.92 Å². The van der Waals surface area contributed by atoms with Gasteiger partial charge in [-0.2, -0.15) is 4.98 Å². The number of nitrogens with zero attached hydrogens (tertiary/aromatic N) is 4. The Labute approximate surface area is 83.9 Å². The standard InChI is InChI=1S/C8H6N4O3/c1-5-10-8(15-11-5)6-2-7(12(13)14)4-9-3-6/h2-4H,1H3. The number of hydrogen-bond donors (Lipinski definition) is 0. The van der Waals surface area contributed by atoms with Crippen molar-refractivity contribution < 1.29 is 9.45 Å². The summed E-state index contributed by atoms with van der Waals surface area (Å²) in [4.78, 5) is 17.6. The van der Waals surface area contributed by atoms with Crippen LogP contribution < -0.4 is 0 Å². The highest BCUT2D eigenvalue weighted by Crippen LogP contribution is 2.20. The predicted molar refractivity (Wildman–Crippen MR) is 48.9 cm³/mol. The van der Waals surface area contributed by atoms with Crippen LogP contribution in [0, 0.1) is 17.0 Å². The Morgan fingerprint density at radius 3 is 2.87 bits per heavy atom. The van der Waals surface area contributed by atoms with Crippen molar-refractivity contribution in [1.29, 1.82) is 0 Å². The van der Waals surface area contributed by atoms with Gasteiger partial charge < -0.3 is 4.52 Å². The van der Waals surface area contributed by atoms with Crippen molar-refractivity contribution in [1.82, 2.24) is 15.1 Å². The van der Waals surface area contributed by atoms with Crippen LogP contribution >= 0.6 is 0 Å². The van der Waals surface area contributed by atoms with Crippen LogP contribution in [0.25, 0.3) is 11.5 Å². The number of nitro groups is 1. The smallest absolute Gasteiger partial charge is 0.288 e. The zero-order chi connectivity index (χ0) is 10.8. The average Bonchev–Trinajstić information content (AvgIpc) is 2.65. The van der Waals surface area contributed by atoms with Gasteiger partial charge in [-0.15, -0.1) is 0 Å². The van der Waals surface area contributed by atoms with E-state index in [1.807, 2.05) is 0 Å². The number of pyridine rings is 1. The molecule has 7 nitrogen and oxygen atoms in total. The summed E-state index contributed by atoms with van der Waals surface area (Å²) in [5.41, 5.74) is 0.327. The normalized spacial score (nSPS) is 10.2. The first kappa shape index (κ1) is 9.25. The van der Waals surface area contributed by atoms with Crippen molar-refractivity contribution in [2.24, 2.45) is 0 Å². The Bertz CT molecular complexity index is 508. The van der Waals surface area contributed by atoms with Gasteiger partial charge in [-0.3, -0.25) is 15.1 Å². The van der Waals surface area contributed by atoms with Gasteiger partial charge in [0.25, 0.3) is 11.6 Å². The van der Waals surface area contributed by atoms with Crippen molar-refractivity contribution in [3.63, 3.8) is 0 Å². The van der Waals surface area contributed by atoms with E-state index in [0.717, 1.165) is 6.20 Å². The summed E-state index contributed by atoms with van der Waals surface area (Å²) in [5.74, 6) is 0.695. The Kier molecular flexibility index (Phi) is 2.13. The summed E-state index contributed by atoms with van der Waals surface area (Å²) in [7, 11) is 0. The largest absolute Gasteiger partial charge is 0.334 e. The second kappa shape index (κ2) is 3.45. The van der Waals surface area contributed by atoms with Gasteiger partial charge in [0.05, 0.1) is 10.5 Å². The molecule has 2 aromatic rings. The van der Waals surface area contributed by atoms with Gasteiger partial charge in [0.15, 0.2) is 5.82 Å². The fourth-order valence-corrected chi connectivity index (χ4v) is 1.06. The molecule has 0 fully saturated rings. The summed E-state index contributed by atoms with van der Waals surface area (Å²) in [6, 6.07) is 1.33. The van der Waals surface area contributed by atoms with Gasteiger partial charge in [0.1, 0.15) is 6.20 Å². The van der Waals surface area contributed by atoms with Crippen molar-refractivity contribution in [3.05, 3.63) is 34.4 Å². The van der Waals surface area contributed by atoms with Crippen LogP contribution in [0.3, 0.4) is 0 Å². The first-order chi connectivity index (χ1) is 7.16. The lowest BCUT2D eigenvalue weighted by Crippen LogP contribution is -1.90. The Morgan fingerprint density at radius 1 is 1.47 bits per heavy atom. The van der Waals surface area contributed by atoms with Gasteiger partial charge in [-0.05, 0) is 6.92 Å². The van der Waals surface area contributed by atoms with Gasteiger partial charge in [-0.25, -0.2) is 0 Å². The molecule has 0 aliphatic carbocycles. The lowest BCUT2D eigenvalue weighted by Gasteiger charge is -1.93. The number of aryl methyl sites for hydroxylation is 1. The molecule has 0 amide bonds. The van der Waals surface area contributed by atoms with Crippen molar-refractivity contribution >= 4 is 5.69 Å². The van der Waals surface area contributed by atoms with E-state index in [0.29, 0.717) is 11.4 Å². The molecule has 0 bridgehead atoms. The van der Waals surface area contributed by atoms with E-state index in [2.05, 4.69) is 15.1 Å². The van der Waals surface area contributed by atoms with Gasteiger partial charge in [0.2, 0.25) is 0 Å². The SMILES string of the molecule is Cc1noc(-c2cncc([N+](=O)[O-])c2)n1. The van der Waals surface area contributed by atoms with Gasteiger partial charge >= 0.3 is 0 Å². The Balaban J connectivity index is 2.45. The van der Waals surface area contributed by atoms with E-state index in [1.54, 1.807) is 6.92 Å². The van der Waals surface area contributed by atoms with Crippen molar-refractivity contribution in [2.75, 3.05) is 0 Å². The predicted octanol–water partition coefficient (Wildman–Crippen LogP) is 1.35. The molecule has 0 spiro atoms. The minimum atomic E-state index is -0.528. The molecule has 7 heteroatoms. The monoisotopic (exact) mass is 206 g/mol. The Hall–Kier alpha value is -2.31. The van der Waals surface area contributed by atoms with E-state index in [4.69, 9.17) is 4.52 Å². The van der Waals surface area contributed by atoms with Crippen LogP contribution in [0.1, 0.15) is 5.82 Å². The first-order valence-corrected chi connectivity index (χ1v) is 4.07. The minimum Gasteiger partial charge on any atom is -0.334 e. The molecule has 0 aromatic carbocycles. The molecule has 76 valence electrons. The van der Waals surface area contributed by atoms with Crippen LogP contribution in [-0.4, -0.2) is 20.0 Å². The molecule has 0 aliphatic rings. The first-order valence-electron chi connectivity index (χ1n) is 4.07. The molecule has 15 heavy (non-hydrogen) atoms. The van der Waals surface area contributed by atoms with Crippen LogP contribution in [0.5, 0.6) is 0 Å². The molecule has 0 saturated heterocycles. The van der Waals surface area contributed by atoms with Crippen LogP contribution in [0.2, 0.25) is 0 Å². The molecular weight excluding hydrogens is 200 g/mol. The van der Waals surface area contributed by atoms with Gasteiger partial charge in [0, 0.05) is 12.3 Å². The third kappa shape index (κ3) is 1.80. The maximum Gasteiger partial charge on any atom is 0.288 e. The fraction of sp³-hybridized carbons (Fsp3) is 0.125. The quantitative estimate of drug-likeness (QED) is 0.543. The van der Waals surface area contributed by atoms with Crippen LogP contribution in [0.15, 0.2) is 23.0 Å². The molecule has 0 saturated carbocycles. The third-order valence-electron chi connectivity index (χ3n) is 1.71. The number of hydrogen-bond acceptors (Lipinski definition) is 6. The third-order valence-corrected chi connectivity index (χ3v) is 1.71. The minimum absolute atomic E-state index is 0.108. The van der Waals surface area contributed by atoms with E-state index >= 15 is 0 Å². The van der Waals surface area contributed by atoms with Gasteiger partial charge in [-0.1, -0.05) is 5.16 Å². The maximum absolute atomic E-state index is 10.5. The topological polar surface area (TPSA) is 95.0 Å². The summed E-state index contributed by atoms with van der Waals surface area (Å²) in [6.45, 7) is 1.66. The highest BCUT2D eigenvalue weighted by molar-refractivity contribution is 5.55. The van der Waals surface area contributed by atoms with E-state index < -0.39 is 4.92 Å². The molecule has 0 N–H and O–H groups in total. The lowest BCUT2D eigenvalue weighted by molar-refractivity contribution is -0.385. The second-order valence-corrected chi connectivity index (χ2v) is 2.84. The van der Waals surface area contributed by atoms with Crippen molar-refractivity contribution in [3.8, 4) is 11.5 Å². The lowest BCUT2D eigenvalue weighted by atomic mass is 10.2. The summed E-state index contributed by atoms with van der Waals surface area (Å²) in [5, 5.41) is 14.1. The van der Waals surface area contributed by atoms with E-state index in [-0.39, 0.29) is 11.6 Å². The zero-order valence-corrected chi connectivity index (χ0v) is 7.75. The van der Waals surface area contributed by atoms with E-state index in [9.17, 15) is 10.1 Å². The highest BCUT2D eigenvalue weighted by atomic mass is 16.6. The highest BCUT2D eigenvalue weighted by Gasteiger charge is 2.12. The molecule has 2 heterocycles. The summed E-state index contributed by atoms with van der Waals surface area (Å²) < 4.78 is 4.86. The fourth-order valence-electron chi connectivity index (χ4n) is 1.06. The maximum atomic E-state index is 10.5. The molecule has 0 radical (unpaired) electrons. The number of aromatic nitrogens is 3. The summed E-state index contributed by atoms with van der Waals surface area (Å²) >= 11 is 0. The molecule has 0 aliphatic heterocycles. The molecule has 2 rings (SSSR count). The molecular formula is C8H6N4O3. The van der Waals surface area contributed by atoms with E-state index in [1.165, 1.54) is 12.3 Å². The van der Waals surface area contributed by atoms with Crippen LogP contribution in [0.4, 0.5) is 5.69 Å². The number of rotatable bonds is 2.